The number of aromatic nitrogens is 3. The minimum Gasteiger partial charge on any atom is -0.481 e. The highest BCUT2D eigenvalue weighted by atomic mass is 32.2. The van der Waals surface area contributed by atoms with Crippen LogP contribution in [0, 0.1) is 6.92 Å². The van der Waals surface area contributed by atoms with E-state index in [1.54, 1.807) is 11.3 Å². The third-order valence-corrected chi connectivity index (χ3v) is 4.39. The molecular weight excluding hydrogens is 270 g/mol. The number of nitrogens with zero attached hydrogens (tertiary/aromatic N) is 3. The molecule has 0 aliphatic heterocycles. The molecule has 96 valence electrons. The van der Waals surface area contributed by atoms with Gasteiger partial charge in [0.05, 0.1) is 10.6 Å². The van der Waals surface area contributed by atoms with Crippen molar-refractivity contribution in [3.8, 4) is 10.7 Å². The van der Waals surface area contributed by atoms with Crippen molar-refractivity contribution in [1.82, 2.24) is 14.8 Å². The molecule has 7 heteroatoms. The molecule has 0 aromatic carbocycles. The SMILES string of the molecule is CCn1c(SCC(=O)O)nnc1-c1sccc1C. The summed E-state index contributed by atoms with van der Waals surface area (Å²) in [6.45, 7) is 4.76. The van der Waals surface area contributed by atoms with E-state index in [0.717, 1.165) is 22.8 Å². The highest BCUT2D eigenvalue weighted by Gasteiger charge is 2.16. The van der Waals surface area contributed by atoms with Crippen LogP contribution < -0.4 is 0 Å². The fraction of sp³-hybridized carbons (Fsp3) is 0.364. The number of aryl methyl sites for hydroxylation is 1. The van der Waals surface area contributed by atoms with Crippen molar-refractivity contribution in [3.63, 3.8) is 0 Å². The number of carboxylic acids is 1. The van der Waals surface area contributed by atoms with Crippen molar-refractivity contribution in [1.29, 1.82) is 0 Å². The maximum Gasteiger partial charge on any atom is 0.313 e. The van der Waals surface area contributed by atoms with Crippen LogP contribution in [0.4, 0.5) is 0 Å². The molecule has 0 spiro atoms. The lowest BCUT2D eigenvalue weighted by Crippen LogP contribution is -2.03. The fourth-order valence-corrected chi connectivity index (χ4v) is 3.22. The summed E-state index contributed by atoms with van der Waals surface area (Å²) in [5.41, 5.74) is 1.16. The third kappa shape index (κ3) is 2.56. The lowest BCUT2D eigenvalue weighted by molar-refractivity contribution is -0.133. The number of hydrogen-bond acceptors (Lipinski definition) is 5. The van der Waals surface area contributed by atoms with Crippen LogP contribution in [0.2, 0.25) is 0 Å². The van der Waals surface area contributed by atoms with E-state index >= 15 is 0 Å². The molecule has 0 fully saturated rings. The summed E-state index contributed by atoms with van der Waals surface area (Å²) < 4.78 is 1.95. The van der Waals surface area contributed by atoms with Gasteiger partial charge in [-0.05, 0) is 30.9 Å². The van der Waals surface area contributed by atoms with Crippen molar-refractivity contribution in [3.05, 3.63) is 17.0 Å². The van der Waals surface area contributed by atoms with Crippen molar-refractivity contribution < 1.29 is 9.90 Å². The Bertz CT molecular complexity index is 562. The third-order valence-electron chi connectivity index (χ3n) is 2.42. The average molecular weight is 283 g/mol. The van der Waals surface area contributed by atoms with Crippen molar-refractivity contribution >= 4 is 29.1 Å². The lowest BCUT2D eigenvalue weighted by Gasteiger charge is -2.05. The van der Waals surface area contributed by atoms with Crippen LogP contribution >= 0.6 is 23.1 Å². The molecule has 0 aliphatic carbocycles. The van der Waals surface area contributed by atoms with E-state index in [1.807, 2.05) is 29.9 Å². The van der Waals surface area contributed by atoms with Gasteiger partial charge >= 0.3 is 5.97 Å². The summed E-state index contributed by atoms with van der Waals surface area (Å²) in [5.74, 6) is -0.0286. The first-order valence-electron chi connectivity index (χ1n) is 5.45. The Labute approximate surface area is 113 Å². The van der Waals surface area contributed by atoms with Crippen LogP contribution in [0.1, 0.15) is 12.5 Å². The first kappa shape index (κ1) is 13.1. The second-order valence-corrected chi connectivity index (χ2v) is 5.52. The highest BCUT2D eigenvalue weighted by Crippen LogP contribution is 2.30. The van der Waals surface area contributed by atoms with Gasteiger partial charge in [-0.15, -0.1) is 21.5 Å². The molecule has 0 amide bonds. The Hall–Kier alpha value is -1.34. The largest absolute Gasteiger partial charge is 0.481 e. The Morgan fingerprint density at radius 3 is 2.89 bits per heavy atom. The number of rotatable bonds is 5. The van der Waals surface area contributed by atoms with Crippen LogP contribution in [-0.4, -0.2) is 31.6 Å². The summed E-state index contributed by atoms with van der Waals surface area (Å²) in [7, 11) is 0. The maximum absolute atomic E-state index is 10.6. The quantitative estimate of drug-likeness (QED) is 0.854. The van der Waals surface area contributed by atoms with Crippen LogP contribution in [0.5, 0.6) is 0 Å². The number of hydrogen-bond donors (Lipinski definition) is 1. The van der Waals surface area contributed by atoms with Gasteiger partial charge < -0.3 is 9.67 Å². The number of aliphatic carboxylic acids is 1. The van der Waals surface area contributed by atoms with Crippen LogP contribution in [-0.2, 0) is 11.3 Å². The molecule has 0 saturated heterocycles. The predicted molar refractivity (Wildman–Crippen MR) is 72.1 cm³/mol. The molecule has 0 unspecified atom stereocenters. The second-order valence-electron chi connectivity index (χ2n) is 3.67. The van der Waals surface area contributed by atoms with E-state index in [2.05, 4.69) is 10.2 Å². The molecule has 5 nitrogen and oxygen atoms in total. The maximum atomic E-state index is 10.6. The zero-order valence-electron chi connectivity index (χ0n) is 10.1. The van der Waals surface area contributed by atoms with Gasteiger partial charge in [0.2, 0.25) is 0 Å². The molecular formula is C11H13N3O2S2. The van der Waals surface area contributed by atoms with Gasteiger partial charge in [0.15, 0.2) is 11.0 Å². The lowest BCUT2D eigenvalue weighted by atomic mass is 10.3. The molecule has 2 aromatic heterocycles. The van der Waals surface area contributed by atoms with Gasteiger partial charge in [-0.2, -0.15) is 0 Å². The van der Waals surface area contributed by atoms with E-state index in [4.69, 9.17) is 5.11 Å². The van der Waals surface area contributed by atoms with Gasteiger partial charge in [-0.1, -0.05) is 11.8 Å². The van der Waals surface area contributed by atoms with Crippen molar-refractivity contribution in [2.75, 3.05) is 5.75 Å². The summed E-state index contributed by atoms with van der Waals surface area (Å²) in [6, 6.07) is 2.04. The van der Waals surface area contributed by atoms with Crippen LogP contribution in [0.15, 0.2) is 16.6 Å². The van der Waals surface area contributed by atoms with Gasteiger partial charge in [0.1, 0.15) is 0 Å². The highest BCUT2D eigenvalue weighted by molar-refractivity contribution is 7.99. The molecule has 1 N–H and O–H groups in total. The number of thiophene rings is 1. The average Bonchev–Trinajstić information content (AvgIpc) is 2.91. The summed E-state index contributed by atoms with van der Waals surface area (Å²) in [4.78, 5) is 11.7. The van der Waals surface area contributed by atoms with Crippen molar-refractivity contribution in [2.45, 2.75) is 25.5 Å². The molecule has 2 heterocycles. The Balaban J connectivity index is 2.33. The minimum absolute atomic E-state index is 0.00154. The zero-order chi connectivity index (χ0) is 13.1. The topological polar surface area (TPSA) is 68.0 Å². The second kappa shape index (κ2) is 5.53. The first-order chi connectivity index (χ1) is 8.63. The molecule has 0 atom stereocenters. The predicted octanol–water partition coefficient (Wildman–Crippen LogP) is 2.51. The number of carboxylic acid groups (broad SMARTS) is 1. The Morgan fingerprint density at radius 2 is 2.33 bits per heavy atom. The smallest absolute Gasteiger partial charge is 0.313 e. The van der Waals surface area contributed by atoms with Gasteiger partial charge in [-0.25, -0.2) is 0 Å². The van der Waals surface area contributed by atoms with E-state index in [1.165, 1.54) is 11.8 Å². The molecule has 0 aliphatic rings. The van der Waals surface area contributed by atoms with Crippen LogP contribution in [0.3, 0.4) is 0 Å². The normalized spacial score (nSPS) is 10.8. The molecule has 0 saturated carbocycles. The summed E-state index contributed by atoms with van der Waals surface area (Å²) in [5, 5.41) is 19.6. The summed E-state index contributed by atoms with van der Waals surface area (Å²) >= 11 is 2.82. The molecule has 0 radical (unpaired) electrons. The molecule has 18 heavy (non-hydrogen) atoms. The number of thioether (sulfide) groups is 1. The number of carbonyl (C=O) groups is 1. The first-order valence-corrected chi connectivity index (χ1v) is 7.32. The standard InChI is InChI=1S/C11H13N3O2S2/c1-3-14-10(9-7(2)4-5-17-9)12-13-11(14)18-6-8(15)16/h4-5H,3,6H2,1-2H3,(H,15,16). The Kier molecular flexibility index (Phi) is 4.03. The van der Waals surface area contributed by atoms with Gasteiger partial charge in [0.25, 0.3) is 0 Å². The molecule has 0 bridgehead atoms. The molecule has 2 rings (SSSR count). The fourth-order valence-electron chi connectivity index (χ4n) is 1.58. The van der Waals surface area contributed by atoms with Gasteiger partial charge in [0, 0.05) is 6.54 Å². The Morgan fingerprint density at radius 1 is 1.56 bits per heavy atom. The van der Waals surface area contributed by atoms with E-state index in [-0.39, 0.29) is 5.75 Å². The van der Waals surface area contributed by atoms with E-state index in [0.29, 0.717) is 5.16 Å². The van der Waals surface area contributed by atoms with Gasteiger partial charge in [-0.3, -0.25) is 4.79 Å². The van der Waals surface area contributed by atoms with Crippen LogP contribution in [0.25, 0.3) is 10.7 Å². The monoisotopic (exact) mass is 283 g/mol. The zero-order valence-corrected chi connectivity index (χ0v) is 11.7. The van der Waals surface area contributed by atoms with E-state index in [9.17, 15) is 4.79 Å². The van der Waals surface area contributed by atoms with E-state index < -0.39 is 5.97 Å². The summed E-state index contributed by atoms with van der Waals surface area (Å²) in [6.07, 6.45) is 0. The minimum atomic E-state index is -0.848. The molecule has 2 aromatic rings. The van der Waals surface area contributed by atoms with Crippen molar-refractivity contribution in [2.24, 2.45) is 0 Å².